The van der Waals surface area contributed by atoms with Crippen LogP contribution < -0.4 is 11.1 Å². The van der Waals surface area contributed by atoms with Crippen molar-refractivity contribution >= 4 is 11.6 Å². The fourth-order valence-electron chi connectivity index (χ4n) is 1.14. The van der Waals surface area contributed by atoms with Crippen LogP contribution in [0.5, 0.6) is 0 Å². The average Bonchev–Trinajstić information content (AvgIpc) is 2.26. The lowest BCUT2D eigenvalue weighted by Crippen LogP contribution is -2.32. The molecule has 0 aliphatic carbocycles. The highest BCUT2D eigenvalue weighted by atomic mass is 16.5. The van der Waals surface area contributed by atoms with Crippen molar-refractivity contribution in [3.05, 3.63) is 11.9 Å². The molecule has 0 spiro atoms. The molecule has 3 N–H and O–H groups in total. The van der Waals surface area contributed by atoms with E-state index in [1.54, 1.807) is 13.2 Å². The van der Waals surface area contributed by atoms with Gasteiger partial charge in [0.1, 0.15) is 17.5 Å². The molecule has 0 unspecified atom stereocenters. The zero-order valence-electron chi connectivity index (χ0n) is 10.4. The van der Waals surface area contributed by atoms with Crippen molar-refractivity contribution in [2.45, 2.75) is 32.8 Å². The van der Waals surface area contributed by atoms with E-state index in [0.717, 1.165) is 18.1 Å². The van der Waals surface area contributed by atoms with Crippen LogP contribution in [0.25, 0.3) is 0 Å². The summed E-state index contributed by atoms with van der Waals surface area (Å²) < 4.78 is 5.31. The van der Waals surface area contributed by atoms with E-state index in [0.29, 0.717) is 12.4 Å². The summed E-state index contributed by atoms with van der Waals surface area (Å²) in [5.74, 6) is 1.98. The average molecular weight is 224 g/mol. The van der Waals surface area contributed by atoms with Gasteiger partial charge in [-0.05, 0) is 13.8 Å². The third-order valence-electron chi connectivity index (χ3n) is 2.36. The maximum absolute atomic E-state index is 5.68. The Bertz CT molecular complexity index is 352. The Morgan fingerprint density at radius 1 is 1.44 bits per heavy atom. The highest BCUT2D eigenvalue weighted by molar-refractivity contribution is 5.44. The van der Waals surface area contributed by atoms with E-state index in [1.807, 2.05) is 20.8 Å². The van der Waals surface area contributed by atoms with Crippen LogP contribution in [0, 0.1) is 0 Å². The summed E-state index contributed by atoms with van der Waals surface area (Å²) in [7, 11) is 1.69. The zero-order chi connectivity index (χ0) is 12.2. The summed E-state index contributed by atoms with van der Waals surface area (Å²) in [5, 5.41) is 3.20. The van der Waals surface area contributed by atoms with Gasteiger partial charge in [0.15, 0.2) is 0 Å². The Balaban J connectivity index is 2.70. The second-order valence-corrected chi connectivity index (χ2v) is 4.27. The Morgan fingerprint density at radius 2 is 2.12 bits per heavy atom. The largest absolute Gasteiger partial charge is 0.384 e. The zero-order valence-corrected chi connectivity index (χ0v) is 10.4. The van der Waals surface area contributed by atoms with Gasteiger partial charge < -0.3 is 15.8 Å². The lowest BCUT2D eigenvalue weighted by Gasteiger charge is -2.23. The fourth-order valence-corrected chi connectivity index (χ4v) is 1.14. The van der Waals surface area contributed by atoms with Gasteiger partial charge in [-0.1, -0.05) is 6.92 Å². The summed E-state index contributed by atoms with van der Waals surface area (Å²) in [6.07, 6.45) is 0.771. The minimum absolute atomic E-state index is 0.230. The first-order chi connectivity index (χ1) is 7.46. The van der Waals surface area contributed by atoms with Gasteiger partial charge in [0.2, 0.25) is 0 Å². The van der Waals surface area contributed by atoms with Crippen LogP contribution in [0.1, 0.15) is 26.6 Å². The smallest absolute Gasteiger partial charge is 0.132 e. The van der Waals surface area contributed by atoms with Gasteiger partial charge in [-0.25, -0.2) is 9.97 Å². The van der Waals surface area contributed by atoms with Gasteiger partial charge in [-0.3, -0.25) is 0 Å². The topological polar surface area (TPSA) is 73.1 Å². The van der Waals surface area contributed by atoms with Crippen molar-refractivity contribution < 1.29 is 4.74 Å². The van der Waals surface area contributed by atoms with Gasteiger partial charge >= 0.3 is 0 Å². The number of hydrogen-bond acceptors (Lipinski definition) is 5. The minimum atomic E-state index is -0.230. The number of nitrogen functional groups attached to an aromatic ring is 1. The van der Waals surface area contributed by atoms with Gasteiger partial charge in [-0.2, -0.15) is 0 Å². The van der Waals surface area contributed by atoms with Gasteiger partial charge in [0.25, 0.3) is 0 Å². The number of aryl methyl sites for hydroxylation is 1. The van der Waals surface area contributed by atoms with Crippen LogP contribution in [-0.2, 0) is 11.2 Å². The number of nitrogens with two attached hydrogens (primary N) is 1. The molecular weight excluding hydrogens is 204 g/mol. The molecule has 0 bridgehead atoms. The SMILES string of the molecule is CCc1nc(N)cc(NCC(C)(C)OC)n1. The number of aromatic nitrogens is 2. The second-order valence-electron chi connectivity index (χ2n) is 4.27. The molecule has 0 aromatic carbocycles. The van der Waals surface area contributed by atoms with Gasteiger partial charge in [-0.15, -0.1) is 0 Å². The summed E-state index contributed by atoms with van der Waals surface area (Å²) in [5.41, 5.74) is 5.45. The van der Waals surface area contributed by atoms with Gasteiger partial charge in [0.05, 0.1) is 5.60 Å². The monoisotopic (exact) mass is 224 g/mol. The molecule has 0 saturated carbocycles. The predicted octanol–water partition coefficient (Wildman–Crippen LogP) is 1.46. The highest BCUT2D eigenvalue weighted by Crippen LogP contribution is 2.12. The maximum atomic E-state index is 5.68. The number of anilines is 2. The number of nitrogens with zero attached hydrogens (tertiary/aromatic N) is 2. The minimum Gasteiger partial charge on any atom is -0.384 e. The highest BCUT2D eigenvalue weighted by Gasteiger charge is 2.16. The van der Waals surface area contributed by atoms with Crippen molar-refractivity contribution in [1.82, 2.24) is 9.97 Å². The summed E-state index contributed by atoms with van der Waals surface area (Å²) in [6.45, 7) is 6.68. The molecule has 1 rings (SSSR count). The van der Waals surface area contributed by atoms with Crippen LogP contribution in [0.3, 0.4) is 0 Å². The van der Waals surface area contributed by atoms with E-state index in [-0.39, 0.29) is 5.60 Å². The van der Waals surface area contributed by atoms with Crippen LogP contribution in [0.15, 0.2) is 6.07 Å². The lowest BCUT2D eigenvalue weighted by molar-refractivity contribution is 0.0343. The third-order valence-corrected chi connectivity index (χ3v) is 2.36. The molecule has 0 amide bonds. The molecule has 5 nitrogen and oxygen atoms in total. The first-order valence-corrected chi connectivity index (χ1v) is 5.39. The Hall–Kier alpha value is -1.36. The fraction of sp³-hybridized carbons (Fsp3) is 0.636. The van der Waals surface area contributed by atoms with Crippen molar-refractivity contribution in [1.29, 1.82) is 0 Å². The molecule has 0 saturated heterocycles. The van der Waals surface area contributed by atoms with Crippen molar-refractivity contribution in [3.8, 4) is 0 Å². The summed E-state index contributed by atoms with van der Waals surface area (Å²) >= 11 is 0. The lowest BCUT2D eigenvalue weighted by atomic mass is 10.1. The molecule has 16 heavy (non-hydrogen) atoms. The molecule has 1 aromatic rings. The van der Waals surface area contributed by atoms with E-state index in [2.05, 4.69) is 15.3 Å². The number of methoxy groups -OCH3 is 1. The number of ether oxygens (including phenoxy) is 1. The van der Waals surface area contributed by atoms with Gasteiger partial charge in [0, 0.05) is 26.1 Å². The summed E-state index contributed by atoms with van der Waals surface area (Å²) in [6, 6.07) is 1.73. The number of hydrogen-bond donors (Lipinski definition) is 2. The molecular formula is C11H20N4O. The number of rotatable bonds is 5. The van der Waals surface area contributed by atoms with Crippen LogP contribution >= 0.6 is 0 Å². The van der Waals surface area contributed by atoms with Crippen LogP contribution in [0.4, 0.5) is 11.6 Å². The van der Waals surface area contributed by atoms with Crippen LogP contribution in [-0.4, -0.2) is 29.2 Å². The molecule has 0 aliphatic heterocycles. The van der Waals surface area contributed by atoms with Crippen molar-refractivity contribution in [2.24, 2.45) is 0 Å². The van der Waals surface area contributed by atoms with E-state index in [1.165, 1.54) is 0 Å². The molecule has 0 radical (unpaired) electrons. The molecule has 1 heterocycles. The second kappa shape index (κ2) is 5.12. The van der Waals surface area contributed by atoms with E-state index >= 15 is 0 Å². The normalized spacial score (nSPS) is 11.5. The van der Waals surface area contributed by atoms with E-state index < -0.39 is 0 Å². The first kappa shape index (κ1) is 12.7. The van der Waals surface area contributed by atoms with Crippen molar-refractivity contribution in [2.75, 3.05) is 24.7 Å². The van der Waals surface area contributed by atoms with Crippen molar-refractivity contribution in [3.63, 3.8) is 0 Å². The molecule has 0 fully saturated rings. The van der Waals surface area contributed by atoms with E-state index in [9.17, 15) is 0 Å². The predicted molar refractivity (Wildman–Crippen MR) is 65.4 cm³/mol. The Morgan fingerprint density at radius 3 is 2.69 bits per heavy atom. The molecule has 1 aromatic heterocycles. The standard InChI is InChI=1S/C11H20N4O/c1-5-9-14-8(12)6-10(15-9)13-7-11(2,3)16-4/h6H,5,7H2,1-4H3,(H3,12,13,14,15). The molecule has 0 aliphatic rings. The molecule has 90 valence electrons. The Kier molecular flexibility index (Phi) is 4.06. The van der Waals surface area contributed by atoms with E-state index in [4.69, 9.17) is 10.5 Å². The summed E-state index contributed by atoms with van der Waals surface area (Å²) in [4.78, 5) is 8.44. The first-order valence-electron chi connectivity index (χ1n) is 5.39. The maximum Gasteiger partial charge on any atom is 0.132 e. The molecule has 5 heteroatoms. The third kappa shape index (κ3) is 3.66. The Labute approximate surface area is 96.4 Å². The number of nitrogens with one attached hydrogen (secondary N) is 1. The molecule has 0 atom stereocenters. The quantitative estimate of drug-likeness (QED) is 0.792. The van der Waals surface area contributed by atoms with Crippen LogP contribution in [0.2, 0.25) is 0 Å².